The lowest BCUT2D eigenvalue weighted by Gasteiger charge is -2.21. The number of nitrogen functional groups attached to an aromatic ring is 1. The van der Waals surface area contributed by atoms with Gasteiger partial charge >= 0.3 is 0 Å². The number of aromatic nitrogens is 1. The van der Waals surface area contributed by atoms with Crippen molar-refractivity contribution < 1.29 is 4.39 Å². The fourth-order valence-corrected chi connectivity index (χ4v) is 2.61. The highest BCUT2D eigenvalue weighted by Gasteiger charge is 2.16. The van der Waals surface area contributed by atoms with Gasteiger partial charge < -0.3 is 10.6 Å². The van der Waals surface area contributed by atoms with Crippen LogP contribution < -0.4 is 10.6 Å². The minimum absolute atomic E-state index is 0.171. The molecule has 21 heavy (non-hydrogen) atoms. The van der Waals surface area contributed by atoms with Gasteiger partial charge in [0.15, 0.2) is 5.82 Å². The van der Waals surface area contributed by atoms with Crippen LogP contribution in [0.4, 0.5) is 10.1 Å². The normalized spacial score (nSPS) is 10.5. The van der Waals surface area contributed by atoms with E-state index in [2.05, 4.69) is 20.9 Å². The van der Waals surface area contributed by atoms with Crippen molar-refractivity contribution >= 4 is 27.5 Å². The molecule has 4 nitrogen and oxygen atoms in total. The van der Waals surface area contributed by atoms with E-state index in [1.165, 1.54) is 0 Å². The van der Waals surface area contributed by atoms with Crippen LogP contribution in [0.25, 0.3) is 0 Å². The molecule has 2 rings (SSSR count). The van der Waals surface area contributed by atoms with Gasteiger partial charge in [0.25, 0.3) is 0 Å². The number of nitrogens with one attached hydrogen (secondary N) is 1. The molecule has 0 bridgehead atoms. The van der Waals surface area contributed by atoms with Crippen LogP contribution in [0.15, 0.2) is 34.8 Å². The summed E-state index contributed by atoms with van der Waals surface area (Å²) in [6, 6.07) is 9.00. The monoisotopic (exact) mass is 350 g/mol. The SMILES string of the molecule is Cc1cccc(CN(C)c2ccc(C(=N)N)c(Br)c2F)n1. The molecule has 0 aliphatic rings. The fourth-order valence-electron chi connectivity index (χ4n) is 2.06. The number of aryl methyl sites for hydroxylation is 1. The molecule has 1 aromatic carbocycles. The molecule has 110 valence electrons. The standard InChI is InChI=1S/C15H16BrFN4/c1-9-4-3-5-10(20-9)8-21(2)12-7-6-11(15(18)19)13(16)14(12)17/h3-7H,8H2,1-2H3,(H3,18,19). The van der Waals surface area contributed by atoms with Gasteiger partial charge in [0.1, 0.15) is 5.84 Å². The van der Waals surface area contributed by atoms with Gasteiger partial charge in [0.05, 0.1) is 22.4 Å². The number of pyridine rings is 1. The zero-order valence-electron chi connectivity index (χ0n) is 11.8. The van der Waals surface area contributed by atoms with Crippen LogP contribution >= 0.6 is 15.9 Å². The van der Waals surface area contributed by atoms with Crippen LogP contribution in [-0.4, -0.2) is 17.9 Å². The largest absolute Gasteiger partial charge is 0.384 e. The topological polar surface area (TPSA) is 66.0 Å². The zero-order chi connectivity index (χ0) is 15.6. The molecule has 1 aromatic heterocycles. The maximum absolute atomic E-state index is 14.4. The number of hydrogen-bond donors (Lipinski definition) is 2. The number of amidine groups is 1. The van der Waals surface area contributed by atoms with Gasteiger partial charge in [-0.2, -0.15) is 0 Å². The van der Waals surface area contributed by atoms with Crippen molar-refractivity contribution in [1.82, 2.24) is 4.98 Å². The molecule has 0 fully saturated rings. The third-order valence-electron chi connectivity index (χ3n) is 3.11. The number of anilines is 1. The van der Waals surface area contributed by atoms with E-state index in [1.54, 1.807) is 24.1 Å². The summed E-state index contributed by atoms with van der Waals surface area (Å²) in [6.45, 7) is 2.41. The van der Waals surface area contributed by atoms with Crippen LogP contribution in [0.1, 0.15) is 17.0 Å². The molecule has 0 aliphatic heterocycles. The molecule has 0 unspecified atom stereocenters. The van der Waals surface area contributed by atoms with E-state index >= 15 is 0 Å². The van der Waals surface area contributed by atoms with Crippen molar-refractivity contribution in [3.05, 3.63) is 57.6 Å². The van der Waals surface area contributed by atoms with Gasteiger partial charge in [-0.1, -0.05) is 6.07 Å². The van der Waals surface area contributed by atoms with Crippen LogP contribution in [0, 0.1) is 18.2 Å². The maximum Gasteiger partial charge on any atom is 0.161 e. The molecule has 6 heteroatoms. The summed E-state index contributed by atoms with van der Waals surface area (Å²) in [6.07, 6.45) is 0. The zero-order valence-corrected chi connectivity index (χ0v) is 13.4. The van der Waals surface area contributed by atoms with Crippen LogP contribution in [0.3, 0.4) is 0 Å². The first-order valence-electron chi connectivity index (χ1n) is 6.36. The van der Waals surface area contributed by atoms with Gasteiger partial charge in [0, 0.05) is 18.3 Å². The number of hydrogen-bond acceptors (Lipinski definition) is 3. The number of benzene rings is 1. The summed E-state index contributed by atoms with van der Waals surface area (Å²) in [4.78, 5) is 6.18. The van der Waals surface area contributed by atoms with Gasteiger partial charge in [-0.05, 0) is 47.1 Å². The maximum atomic E-state index is 14.4. The molecule has 1 heterocycles. The third-order valence-corrected chi connectivity index (χ3v) is 3.88. The van der Waals surface area contributed by atoms with Crippen molar-refractivity contribution in [1.29, 1.82) is 5.41 Å². The molecule has 0 amide bonds. The molecule has 0 spiro atoms. The molecular weight excluding hydrogens is 335 g/mol. The Balaban J connectivity index is 2.29. The Hall–Kier alpha value is -1.95. The van der Waals surface area contributed by atoms with E-state index in [-0.39, 0.29) is 10.3 Å². The average Bonchev–Trinajstić information content (AvgIpc) is 2.41. The third kappa shape index (κ3) is 3.39. The predicted molar refractivity (Wildman–Crippen MR) is 86.2 cm³/mol. The molecule has 0 saturated carbocycles. The Labute approximate surface area is 131 Å². The summed E-state index contributed by atoms with van der Waals surface area (Å²) in [5.41, 5.74) is 7.97. The minimum atomic E-state index is -0.433. The fraction of sp³-hybridized carbons (Fsp3) is 0.200. The molecular formula is C15H16BrFN4. The highest BCUT2D eigenvalue weighted by atomic mass is 79.9. The lowest BCUT2D eigenvalue weighted by Crippen LogP contribution is -2.20. The first-order chi connectivity index (χ1) is 9.90. The summed E-state index contributed by atoms with van der Waals surface area (Å²) < 4.78 is 14.6. The second kappa shape index (κ2) is 6.22. The number of rotatable bonds is 4. The highest BCUT2D eigenvalue weighted by Crippen LogP contribution is 2.29. The van der Waals surface area contributed by atoms with Gasteiger partial charge in [-0.25, -0.2) is 4.39 Å². The summed E-state index contributed by atoms with van der Waals surface area (Å²) in [5.74, 6) is -0.604. The van der Waals surface area contributed by atoms with Crippen LogP contribution in [-0.2, 0) is 6.54 Å². The Kier molecular flexibility index (Phi) is 4.57. The molecule has 3 N–H and O–H groups in total. The minimum Gasteiger partial charge on any atom is -0.384 e. The van der Waals surface area contributed by atoms with Crippen molar-refractivity contribution in [2.24, 2.45) is 5.73 Å². The van der Waals surface area contributed by atoms with Gasteiger partial charge in [0.2, 0.25) is 0 Å². The molecule has 0 saturated heterocycles. The van der Waals surface area contributed by atoms with E-state index in [0.717, 1.165) is 11.4 Å². The summed E-state index contributed by atoms with van der Waals surface area (Å²) in [5, 5.41) is 7.41. The number of halogens is 2. The van der Waals surface area contributed by atoms with Crippen molar-refractivity contribution in [3.63, 3.8) is 0 Å². The molecule has 0 radical (unpaired) electrons. The number of nitrogens with two attached hydrogens (primary N) is 1. The van der Waals surface area contributed by atoms with E-state index in [4.69, 9.17) is 11.1 Å². The smallest absolute Gasteiger partial charge is 0.161 e. The summed E-state index contributed by atoms with van der Waals surface area (Å²) >= 11 is 3.16. The predicted octanol–water partition coefficient (Wildman–Crippen LogP) is 3.21. The Morgan fingerprint density at radius 2 is 2.10 bits per heavy atom. The van der Waals surface area contributed by atoms with E-state index in [1.807, 2.05) is 25.1 Å². The van der Waals surface area contributed by atoms with Crippen molar-refractivity contribution in [3.8, 4) is 0 Å². The van der Waals surface area contributed by atoms with Gasteiger partial charge in [-0.15, -0.1) is 0 Å². The van der Waals surface area contributed by atoms with E-state index in [0.29, 0.717) is 17.8 Å². The lowest BCUT2D eigenvalue weighted by atomic mass is 10.1. The second-order valence-corrected chi connectivity index (χ2v) is 5.59. The Morgan fingerprint density at radius 1 is 1.38 bits per heavy atom. The van der Waals surface area contributed by atoms with E-state index in [9.17, 15) is 4.39 Å². The first-order valence-corrected chi connectivity index (χ1v) is 7.15. The first kappa shape index (κ1) is 15.4. The molecule has 0 aliphatic carbocycles. The average molecular weight is 351 g/mol. The molecule has 0 atom stereocenters. The second-order valence-electron chi connectivity index (χ2n) is 4.80. The van der Waals surface area contributed by atoms with Crippen LogP contribution in [0.5, 0.6) is 0 Å². The van der Waals surface area contributed by atoms with Crippen molar-refractivity contribution in [2.45, 2.75) is 13.5 Å². The number of nitrogens with zero attached hydrogens (tertiary/aromatic N) is 2. The lowest BCUT2D eigenvalue weighted by molar-refractivity contribution is 0.614. The quantitative estimate of drug-likeness (QED) is 0.657. The van der Waals surface area contributed by atoms with Crippen molar-refractivity contribution in [2.75, 3.05) is 11.9 Å². The van der Waals surface area contributed by atoms with E-state index < -0.39 is 5.82 Å². The highest BCUT2D eigenvalue weighted by molar-refractivity contribution is 9.10. The Morgan fingerprint density at radius 3 is 2.71 bits per heavy atom. The summed E-state index contributed by atoms with van der Waals surface area (Å²) in [7, 11) is 1.79. The van der Waals surface area contributed by atoms with Crippen LogP contribution in [0.2, 0.25) is 0 Å². The molecule has 2 aromatic rings. The van der Waals surface area contributed by atoms with Gasteiger partial charge in [-0.3, -0.25) is 10.4 Å². The Bertz CT molecular complexity index is 687.